The summed E-state index contributed by atoms with van der Waals surface area (Å²) in [7, 11) is 0. The molecule has 0 aromatic carbocycles. The van der Waals surface area contributed by atoms with Gasteiger partial charge in [0, 0.05) is 0 Å². The van der Waals surface area contributed by atoms with E-state index >= 15 is 0 Å². The van der Waals surface area contributed by atoms with E-state index in [-0.39, 0.29) is 12.5 Å². The predicted octanol–water partition coefficient (Wildman–Crippen LogP) is 1.81. The Bertz CT molecular complexity index is 198. The van der Waals surface area contributed by atoms with Gasteiger partial charge in [-0.25, -0.2) is 0 Å². The fourth-order valence-electron chi connectivity index (χ4n) is 2.34. The van der Waals surface area contributed by atoms with Crippen LogP contribution in [0.25, 0.3) is 0 Å². The van der Waals surface area contributed by atoms with Gasteiger partial charge in [0.1, 0.15) is 0 Å². The Morgan fingerprint density at radius 3 is 2.62 bits per heavy atom. The molecule has 0 amide bonds. The highest BCUT2D eigenvalue weighted by Crippen LogP contribution is 2.48. The molecule has 0 unspecified atom stereocenters. The number of aliphatic carboxylic acids is 1. The molecule has 1 heterocycles. The summed E-state index contributed by atoms with van der Waals surface area (Å²) < 4.78 is 5.57. The summed E-state index contributed by atoms with van der Waals surface area (Å²) in [5, 5.41) is 8.59. The normalized spacial score (nSPS) is 31.2. The van der Waals surface area contributed by atoms with Crippen molar-refractivity contribution in [3.8, 4) is 0 Å². The van der Waals surface area contributed by atoms with Crippen molar-refractivity contribution in [3.05, 3.63) is 0 Å². The zero-order valence-corrected chi connectivity index (χ0v) is 7.79. The maximum atomic E-state index is 10.4. The Hall–Kier alpha value is -0.570. The van der Waals surface area contributed by atoms with E-state index in [0.29, 0.717) is 5.41 Å². The molecule has 1 N–H and O–H groups in total. The van der Waals surface area contributed by atoms with Crippen molar-refractivity contribution >= 4 is 5.97 Å². The quantitative estimate of drug-likeness (QED) is 0.712. The fourth-order valence-corrected chi connectivity index (χ4v) is 2.34. The maximum Gasteiger partial charge on any atom is 0.305 e. The van der Waals surface area contributed by atoms with Crippen LogP contribution >= 0.6 is 0 Å². The van der Waals surface area contributed by atoms with Gasteiger partial charge in [0.15, 0.2) is 0 Å². The Balaban J connectivity index is 1.79. The average Bonchev–Trinajstić information content (AvgIpc) is 2.02. The number of hydrogen-bond acceptors (Lipinski definition) is 2. The van der Waals surface area contributed by atoms with Crippen LogP contribution in [0.4, 0.5) is 0 Å². The van der Waals surface area contributed by atoms with Crippen molar-refractivity contribution in [1.82, 2.24) is 0 Å². The lowest BCUT2D eigenvalue weighted by Gasteiger charge is -2.46. The number of hydrogen-bond donors (Lipinski definition) is 1. The van der Waals surface area contributed by atoms with Gasteiger partial charge in [0.25, 0.3) is 0 Å². The summed E-state index contributed by atoms with van der Waals surface area (Å²) in [6.45, 7) is 0.797. The zero-order valence-electron chi connectivity index (χ0n) is 7.79. The molecule has 2 aliphatic rings. The van der Waals surface area contributed by atoms with Crippen LogP contribution in [0.3, 0.4) is 0 Å². The van der Waals surface area contributed by atoms with Gasteiger partial charge in [0.2, 0.25) is 0 Å². The molecule has 0 aromatic heterocycles. The molecule has 1 spiro atoms. The van der Waals surface area contributed by atoms with Crippen molar-refractivity contribution in [2.24, 2.45) is 5.41 Å². The van der Waals surface area contributed by atoms with Crippen LogP contribution in [0.2, 0.25) is 0 Å². The first-order chi connectivity index (χ1) is 6.20. The van der Waals surface area contributed by atoms with E-state index in [9.17, 15) is 4.79 Å². The third-order valence-corrected chi connectivity index (χ3v) is 3.44. The first-order valence-corrected chi connectivity index (χ1v) is 5.04. The molecule has 74 valence electrons. The first kappa shape index (κ1) is 9.00. The van der Waals surface area contributed by atoms with Gasteiger partial charge in [-0.05, 0) is 31.1 Å². The molecule has 1 saturated carbocycles. The van der Waals surface area contributed by atoms with Crippen molar-refractivity contribution < 1.29 is 14.6 Å². The van der Waals surface area contributed by atoms with E-state index in [1.165, 1.54) is 25.7 Å². The fraction of sp³-hybridized carbons (Fsp3) is 0.900. The molecular weight excluding hydrogens is 168 g/mol. The molecule has 13 heavy (non-hydrogen) atoms. The Morgan fingerprint density at radius 1 is 1.46 bits per heavy atom. The van der Waals surface area contributed by atoms with E-state index in [1.807, 2.05) is 0 Å². The number of carboxylic acid groups (broad SMARTS) is 1. The van der Waals surface area contributed by atoms with E-state index in [2.05, 4.69) is 0 Å². The van der Waals surface area contributed by atoms with Gasteiger partial charge < -0.3 is 9.84 Å². The Labute approximate surface area is 78.1 Å². The van der Waals surface area contributed by atoms with E-state index in [0.717, 1.165) is 13.0 Å². The second-order valence-electron chi connectivity index (χ2n) is 4.42. The lowest BCUT2D eigenvalue weighted by molar-refractivity contribution is -0.146. The summed E-state index contributed by atoms with van der Waals surface area (Å²) in [5.74, 6) is -0.741. The molecule has 1 aliphatic carbocycles. The minimum atomic E-state index is -0.741. The average molecular weight is 184 g/mol. The van der Waals surface area contributed by atoms with Crippen LogP contribution in [0.1, 0.15) is 38.5 Å². The van der Waals surface area contributed by atoms with E-state index in [1.54, 1.807) is 0 Å². The highest BCUT2D eigenvalue weighted by Gasteiger charge is 2.41. The van der Waals surface area contributed by atoms with Gasteiger partial charge in [-0.2, -0.15) is 0 Å². The standard InChI is InChI=1S/C10H16O3/c11-9(12)6-8-2-5-10(7-13-8)3-1-4-10/h8H,1-7H2,(H,11,12)/t8-/m0/s1. The number of rotatable bonds is 2. The first-order valence-electron chi connectivity index (χ1n) is 5.04. The highest BCUT2D eigenvalue weighted by molar-refractivity contribution is 5.67. The summed E-state index contributed by atoms with van der Waals surface area (Å²) in [4.78, 5) is 10.4. The topological polar surface area (TPSA) is 46.5 Å². The summed E-state index contributed by atoms with van der Waals surface area (Å²) >= 11 is 0. The van der Waals surface area contributed by atoms with Crippen LogP contribution < -0.4 is 0 Å². The van der Waals surface area contributed by atoms with Crippen LogP contribution in [-0.4, -0.2) is 23.8 Å². The molecule has 1 atom stereocenters. The SMILES string of the molecule is O=C(O)C[C@@H]1CCC2(CCC2)CO1. The van der Waals surface area contributed by atoms with Crippen LogP contribution in [-0.2, 0) is 9.53 Å². The van der Waals surface area contributed by atoms with E-state index < -0.39 is 5.97 Å². The van der Waals surface area contributed by atoms with Crippen LogP contribution in [0.5, 0.6) is 0 Å². The monoisotopic (exact) mass is 184 g/mol. The molecular formula is C10H16O3. The van der Waals surface area contributed by atoms with Crippen molar-refractivity contribution in [1.29, 1.82) is 0 Å². The smallest absolute Gasteiger partial charge is 0.305 e. The second kappa shape index (κ2) is 3.29. The number of carbonyl (C=O) groups is 1. The Morgan fingerprint density at radius 2 is 2.23 bits per heavy atom. The van der Waals surface area contributed by atoms with Crippen molar-refractivity contribution in [2.45, 2.75) is 44.6 Å². The second-order valence-corrected chi connectivity index (χ2v) is 4.42. The van der Waals surface area contributed by atoms with Gasteiger partial charge in [-0.1, -0.05) is 6.42 Å². The third-order valence-electron chi connectivity index (χ3n) is 3.44. The van der Waals surface area contributed by atoms with E-state index in [4.69, 9.17) is 9.84 Å². The summed E-state index contributed by atoms with van der Waals surface area (Å²) in [6.07, 6.45) is 6.16. The zero-order chi connectivity index (χ0) is 9.31. The largest absolute Gasteiger partial charge is 0.481 e. The molecule has 0 radical (unpaired) electrons. The summed E-state index contributed by atoms with van der Waals surface area (Å²) in [5.41, 5.74) is 0.453. The molecule has 3 nitrogen and oxygen atoms in total. The molecule has 0 bridgehead atoms. The number of ether oxygens (including phenoxy) is 1. The summed E-state index contributed by atoms with van der Waals surface area (Å²) in [6, 6.07) is 0. The van der Waals surface area contributed by atoms with Crippen molar-refractivity contribution in [3.63, 3.8) is 0 Å². The molecule has 1 saturated heterocycles. The minimum absolute atomic E-state index is 0.0243. The molecule has 0 aromatic rings. The van der Waals surface area contributed by atoms with Crippen molar-refractivity contribution in [2.75, 3.05) is 6.61 Å². The molecule has 3 heteroatoms. The van der Waals surface area contributed by atoms with Gasteiger partial charge >= 0.3 is 5.97 Å². The lowest BCUT2D eigenvalue weighted by Crippen LogP contribution is -2.41. The Kier molecular flexibility index (Phi) is 2.28. The van der Waals surface area contributed by atoms with Gasteiger partial charge in [-0.15, -0.1) is 0 Å². The van der Waals surface area contributed by atoms with Crippen LogP contribution in [0, 0.1) is 5.41 Å². The maximum absolute atomic E-state index is 10.4. The van der Waals surface area contributed by atoms with Crippen LogP contribution in [0.15, 0.2) is 0 Å². The highest BCUT2D eigenvalue weighted by atomic mass is 16.5. The predicted molar refractivity (Wildman–Crippen MR) is 47.5 cm³/mol. The lowest BCUT2D eigenvalue weighted by atomic mass is 9.65. The molecule has 2 rings (SSSR count). The van der Waals surface area contributed by atoms with Gasteiger partial charge in [-0.3, -0.25) is 4.79 Å². The number of carboxylic acids is 1. The molecule has 1 aliphatic heterocycles. The molecule has 2 fully saturated rings. The van der Waals surface area contributed by atoms with Gasteiger partial charge in [0.05, 0.1) is 19.1 Å². The third kappa shape index (κ3) is 1.85. The minimum Gasteiger partial charge on any atom is -0.481 e.